The van der Waals surface area contributed by atoms with Crippen molar-refractivity contribution in [2.45, 2.75) is 31.8 Å². The highest BCUT2D eigenvalue weighted by molar-refractivity contribution is 5.78. The van der Waals surface area contributed by atoms with E-state index < -0.39 is 0 Å². The predicted octanol–water partition coefficient (Wildman–Crippen LogP) is 3.02. The lowest BCUT2D eigenvalue weighted by molar-refractivity contribution is -0.121. The van der Waals surface area contributed by atoms with Crippen LogP contribution in [-0.2, 0) is 4.79 Å². The molecule has 27 heavy (non-hydrogen) atoms. The molecule has 1 heterocycles. The highest BCUT2D eigenvalue weighted by Crippen LogP contribution is 2.40. The summed E-state index contributed by atoms with van der Waals surface area (Å²) >= 11 is 0. The van der Waals surface area contributed by atoms with Crippen LogP contribution in [0.3, 0.4) is 0 Å². The van der Waals surface area contributed by atoms with Gasteiger partial charge in [0.15, 0.2) is 0 Å². The Kier molecular flexibility index (Phi) is 6.29. The van der Waals surface area contributed by atoms with Crippen LogP contribution in [0.4, 0.5) is 0 Å². The largest absolute Gasteiger partial charge is 0.497 e. The van der Waals surface area contributed by atoms with E-state index in [4.69, 9.17) is 9.47 Å². The molecule has 2 atom stereocenters. The minimum atomic E-state index is -0.192. The zero-order chi connectivity index (χ0) is 19.2. The molecule has 1 fully saturated rings. The van der Waals surface area contributed by atoms with E-state index in [1.807, 2.05) is 37.4 Å². The SMILES string of the molecule is COc1ccc(OC)c(C(C)NC(=O)CNC(c2cccnc2)C2CC2)c1. The molecule has 0 aliphatic heterocycles. The summed E-state index contributed by atoms with van der Waals surface area (Å²) in [5, 5.41) is 6.43. The summed E-state index contributed by atoms with van der Waals surface area (Å²) in [6, 6.07) is 9.55. The summed E-state index contributed by atoms with van der Waals surface area (Å²) in [4.78, 5) is 16.7. The Bertz CT molecular complexity index is 763. The van der Waals surface area contributed by atoms with Crippen molar-refractivity contribution in [2.75, 3.05) is 20.8 Å². The molecule has 144 valence electrons. The van der Waals surface area contributed by atoms with Crippen LogP contribution in [0.5, 0.6) is 11.5 Å². The Balaban J connectivity index is 1.60. The molecule has 1 aliphatic carbocycles. The van der Waals surface area contributed by atoms with Gasteiger partial charge in [-0.15, -0.1) is 0 Å². The average Bonchev–Trinajstić information content (AvgIpc) is 3.53. The highest BCUT2D eigenvalue weighted by Gasteiger charge is 2.32. The summed E-state index contributed by atoms with van der Waals surface area (Å²) in [5.41, 5.74) is 2.02. The first-order chi connectivity index (χ1) is 13.1. The van der Waals surface area contributed by atoms with Gasteiger partial charge in [-0.3, -0.25) is 9.78 Å². The second kappa shape index (κ2) is 8.86. The fourth-order valence-electron chi connectivity index (χ4n) is 3.30. The quantitative estimate of drug-likeness (QED) is 0.711. The number of benzene rings is 1. The van der Waals surface area contributed by atoms with E-state index in [0.717, 1.165) is 22.6 Å². The van der Waals surface area contributed by atoms with E-state index >= 15 is 0 Å². The number of ether oxygens (including phenoxy) is 2. The lowest BCUT2D eigenvalue weighted by Crippen LogP contribution is -2.37. The number of nitrogens with zero attached hydrogens (tertiary/aromatic N) is 1. The van der Waals surface area contributed by atoms with Crippen molar-refractivity contribution in [2.24, 2.45) is 5.92 Å². The third-order valence-corrected chi connectivity index (χ3v) is 4.90. The number of pyridine rings is 1. The summed E-state index contributed by atoms with van der Waals surface area (Å²) in [6.45, 7) is 2.20. The molecule has 2 unspecified atom stereocenters. The lowest BCUT2D eigenvalue weighted by Gasteiger charge is -2.21. The number of methoxy groups -OCH3 is 2. The van der Waals surface area contributed by atoms with Crippen LogP contribution in [0.15, 0.2) is 42.7 Å². The molecule has 1 aromatic heterocycles. The molecule has 0 radical (unpaired) electrons. The number of hydrogen-bond donors (Lipinski definition) is 2. The molecule has 2 N–H and O–H groups in total. The molecule has 1 aliphatic rings. The van der Waals surface area contributed by atoms with Crippen molar-refractivity contribution in [3.63, 3.8) is 0 Å². The fourth-order valence-corrected chi connectivity index (χ4v) is 3.30. The second-order valence-corrected chi connectivity index (χ2v) is 6.88. The van der Waals surface area contributed by atoms with Gasteiger partial charge in [-0.1, -0.05) is 6.07 Å². The van der Waals surface area contributed by atoms with Crippen molar-refractivity contribution >= 4 is 5.91 Å². The average molecular weight is 369 g/mol. The molecular weight excluding hydrogens is 342 g/mol. The van der Waals surface area contributed by atoms with Crippen molar-refractivity contribution < 1.29 is 14.3 Å². The zero-order valence-corrected chi connectivity index (χ0v) is 16.1. The molecule has 6 nitrogen and oxygen atoms in total. The van der Waals surface area contributed by atoms with E-state index in [1.165, 1.54) is 12.8 Å². The number of carbonyl (C=O) groups excluding carboxylic acids is 1. The maximum absolute atomic E-state index is 12.5. The molecule has 1 aromatic carbocycles. The van der Waals surface area contributed by atoms with Crippen LogP contribution in [0.25, 0.3) is 0 Å². The van der Waals surface area contributed by atoms with E-state index in [9.17, 15) is 4.79 Å². The van der Waals surface area contributed by atoms with Crippen LogP contribution >= 0.6 is 0 Å². The Morgan fingerprint density at radius 3 is 2.70 bits per heavy atom. The van der Waals surface area contributed by atoms with Crippen molar-refractivity contribution in [1.82, 2.24) is 15.6 Å². The Hall–Kier alpha value is -2.60. The van der Waals surface area contributed by atoms with Crippen LogP contribution in [0.2, 0.25) is 0 Å². The number of aromatic nitrogens is 1. The van der Waals surface area contributed by atoms with Gasteiger partial charge in [0.25, 0.3) is 0 Å². The van der Waals surface area contributed by atoms with Crippen LogP contribution < -0.4 is 20.1 Å². The molecule has 0 bridgehead atoms. The van der Waals surface area contributed by atoms with Crippen molar-refractivity contribution in [3.05, 3.63) is 53.9 Å². The molecule has 0 saturated heterocycles. The maximum Gasteiger partial charge on any atom is 0.234 e. The van der Waals surface area contributed by atoms with Crippen molar-refractivity contribution in [1.29, 1.82) is 0 Å². The van der Waals surface area contributed by atoms with E-state index in [0.29, 0.717) is 5.92 Å². The normalized spacial score (nSPS) is 15.7. The monoisotopic (exact) mass is 369 g/mol. The Morgan fingerprint density at radius 1 is 1.26 bits per heavy atom. The second-order valence-electron chi connectivity index (χ2n) is 6.88. The number of nitrogens with one attached hydrogen (secondary N) is 2. The molecular formula is C21H27N3O3. The van der Waals surface area contributed by atoms with Gasteiger partial charge < -0.3 is 20.1 Å². The molecule has 1 amide bonds. The summed E-state index contributed by atoms with van der Waals surface area (Å²) in [6.07, 6.45) is 6.01. The standard InChI is InChI=1S/C21H27N3O3/c1-14(18-11-17(26-2)8-9-19(18)27-3)24-20(25)13-23-21(15-6-7-15)16-5-4-10-22-12-16/h4-5,8-12,14-15,21,23H,6-7,13H2,1-3H3,(H,24,25). The minimum absolute atomic E-state index is 0.0538. The smallest absolute Gasteiger partial charge is 0.234 e. The van der Waals surface area contributed by atoms with Gasteiger partial charge >= 0.3 is 0 Å². The van der Waals surface area contributed by atoms with Crippen LogP contribution in [0.1, 0.15) is 43.0 Å². The van der Waals surface area contributed by atoms with Gasteiger partial charge in [0.05, 0.1) is 26.8 Å². The van der Waals surface area contributed by atoms with Gasteiger partial charge in [-0.05, 0) is 55.5 Å². The van der Waals surface area contributed by atoms with Gasteiger partial charge in [0, 0.05) is 24.0 Å². The van der Waals surface area contributed by atoms with Gasteiger partial charge in [0.1, 0.15) is 11.5 Å². The fraction of sp³-hybridized carbons (Fsp3) is 0.429. The summed E-state index contributed by atoms with van der Waals surface area (Å²) in [7, 11) is 3.24. The molecule has 3 rings (SSSR count). The third-order valence-electron chi connectivity index (χ3n) is 4.90. The highest BCUT2D eigenvalue weighted by atomic mass is 16.5. The predicted molar refractivity (Wildman–Crippen MR) is 104 cm³/mol. The number of rotatable bonds is 9. The lowest BCUT2D eigenvalue weighted by atomic mass is 10.0. The van der Waals surface area contributed by atoms with Crippen LogP contribution in [0, 0.1) is 5.92 Å². The van der Waals surface area contributed by atoms with Gasteiger partial charge in [-0.2, -0.15) is 0 Å². The number of amides is 1. The maximum atomic E-state index is 12.5. The molecule has 2 aromatic rings. The first-order valence-electron chi connectivity index (χ1n) is 9.27. The molecule has 1 saturated carbocycles. The molecule has 6 heteroatoms. The summed E-state index contributed by atoms with van der Waals surface area (Å²) < 4.78 is 10.7. The summed E-state index contributed by atoms with van der Waals surface area (Å²) in [5.74, 6) is 1.98. The number of hydrogen-bond acceptors (Lipinski definition) is 5. The van der Waals surface area contributed by atoms with E-state index in [-0.39, 0.29) is 24.5 Å². The van der Waals surface area contributed by atoms with Crippen LogP contribution in [-0.4, -0.2) is 31.7 Å². The van der Waals surface area contributed by atoms with Gasteiger partial charge in [0.2, 0.25) is 5.91 Å². The minimum Gasteiger partial charge on any atom is -0.497 e. The number of carbonyl (C=O) groups is 1. The molecule has 0 spiro atoms. The Labute approximate surface area is 160 Å². The van der Waals surface area contributed by atoms with Gasteiger partial charge in [-0.25, -0.2) is 0 Å². The topological polar surface area (TPSA) is 72.5 Å². The Morgan fingerprint density at radius 2 is 2.07 bits per heavy atom. The van der Waals surface area contributed by atoms with E-state index in [1.54, 1.807) is 20.4 Å². The first kappa shape index (κ1) is 19.2. The third kappa shape index (κ3) is 4.98. The van der Waals surface area contributed by atoms with E-state index in [2.05, 4.69) is 21.7 Å². The van der Waals surface area contributed by atoms with Crippen molar-refractivity contribution in [3.8, 4) is 11.5 Å². The zero-order valence-electron chi connectivity index (χ0n) is 16.1. The first-order valence-corrected chi connectivity index (χ1v) is 9.27.